The summed E-state index contributed by atoms with van der Waals surface area (Å²) in [7, 11) is 0. The summed E-state index contributed by atoms with van der Waals surface area (Å²) in [6.07, 6.45) is 1.82. The number of ether oxygens (including phenoxy) is 2. The molecule has 0 fully saturated rings. The molecule has 5 nitrogen and oxygen atoms in total. The van der Waals surface area contributed by atoms with Crippen LogP contribution in [0.3, 0.4) is 0 Å². The Labute approximate surface area is 80.7 Å². The zero-order chi connectivity index (χ0) is 10.4. The highest BCUT2D eigenvalue weighted by atomic mass is 16.7. The summed E-state index contributed by atoms with van der Waals surface area (Å²) in [5.41, 5.74) is 0.209. The number of aromatic nitrogens is 1. The Morgan fingerprint density at radius 3 is 2.86 bits per heavy atom. The summed E-state index contributed by atoms with van der Waals surface area (Å²) in [6, 6.07) is 3.07. The van der Waals surface area contributed by atoms with Gasteiger partial charge in [-0.15, -0.1) is 0 Å². The quantitative estimate of drug-likeness (QED) is 0.527. The van der Waals surface area contributed by atoms with Gasteiger partial charge in [0.2, 0.25) is 0 Å². The third-order valence-electron chi connectivity index (χ3n) is 1.34. The maximum absolute atomic E-state index is 11.2. The van der Waals surface area contributed by atoms with Crippen LogP contribution >= 0.6 is 0 Å². The molecule has 0 spiro atoms. The molecule has 0 amide bonds. The topological polar surface area (TPSA) is 65.5 Å². The summed E-state index contributed by atoms with van der Waals surface area (Å²) < 4.78 is 8.77. The maximum Gasteiger partial charge on any atom is 0.516 e. The van der Waals surface area contributed by atoms with Gasteiger partial charge in [-0.2, -0.15) is 0 Å². The van der Waals surface area contributed by atoms with E-state index in [-0.39, 0.29) is 12.2 Å². The van der Waals surface area contributed by atoms with E-state index in [0.29, 0.717) is 0 Å². The molecule has 5 heteroatoms. The van der Waals surface area contributed by atoms with Crippen LogP contribution in [0.25, 0.3) is 0 Å². The molecule has 0 N–H and O–H groups in total. The molecule has 1 rings (SSSR count). The number of hydrogen-bond acceptors (Lipinski definition) is 5. The lowest BCUT2D eigenvalue weighted by molar-refractivity contribution is 0.0401. The van der Waals surface area contributed by atoms with Crippen LogP contribution in [0, 0.1) is 0 Å². The standard InChI is InChI=1S/C9H9NO4/c1-2-13-9(12)14-8(11)7-4-3-5-10-6-7/h3-6H,2H2,1H3. The van der Waals surface area contributed by atoms with Crippen molar-refractivity contribution in [2.24, 2.45) is 0 Å². The van der Waals surface area contributed by atoms with E-state index in [1.54, 1.807) is 13.0 Å². The Bertz CT molecular complexity index is 323. The predicted octanol–water partition coefficient (Wildman–Crippen LogP) is 1.39. The van der Waals surface area contributed by atoms with Crippen molar-refractivity contribution in [3.05, 3.63) is 30.1 Å². The largest absolute Gasteiger partial charge is 0.516 e. The lowest BCUT2D eigenvalue weighted by Crippen LogP contribution is -2.13. The minimum Gasteiger partial charge on any atom is -0.434 e. The van der Waals surface area contributed by atoms with Crippen molar-refractivity contribution >= 4 is 12.1 Å². The molecule has 1 aromatic rings. The molecular formula is C9H9NO4. The van der Waals surface area contributed by atoms with Gasteiger partial charge in [-0.25, -0.2) is 9.59 Å². The second-order valence-corrected chi connectivity index (χ2v) is 2.31. The first-order valence-electron chi connectivity index (χ1n) is 4.03. The number of rotatable bonds is 2. The zero-order valence-corrected chi connectivity index (χ0v) is 7.60. The molecule has 0 aliphatic heterocycles. The van der Waals surface area contributed by atoms with E-state index in [2.05, 4.69) is 14.5 Å². The molecule has 0 unspecified atom stereocenters. The molecule has 14 heavy (non-hydrogen) atoms. The fraction of sp³-hybridized carbons (Fsp3) is 0.222. The molecule has 0 aliphatic rings. The first kappa shape index (κ1) is 10.2. The van der Waals surface area contributed by atoms with Gasteiger partial charge in [0.1, 0.15) is 0 Å². The average Bonchev–Trinajstić information content (AvgIpc) is 2.19. The number of nitrogens with zero attached hydrogens (tertiary/aromatic N) is 1. The summed E-state index contributed by atoms with van der Waals surface area (Å²) in [4.78, 5) is 25.6. The van der Waals surface area contributed by atoms with Crippen molar-refractivity contribution in [1.29, 1.82) is 0 Å². The molecule has 0 saturated heterocycles. The predicted molar refractivity (Wildman–Crippen MR) is 46.7 cm³/mol. The summed E-state index contributed by atoms with van der Waals surface area (Å²) in [5, 5.41) is 0. The molecule has 74 valence electrons. The first-order chi connectivity index (χ1) is 6.74. The molecule has 0 bridgehead atoms. The number of hydrogen-bond donors (Lipinski definition) is 0. The summed E-state index contributed by atoms with van der Waals surface area (Å²) in [5.74, 6) is -0.767. The molecule has 0 radical (unpaired) electrons. The SMILES string of the molecule is CCOC(=O)OC(=O)c1cccnc1. The molecular weight excluding hydrogens is 186 g/mol. The van der Waals surface area contributed by atoms with Crippen LogP contribution in [0.4, 0.5) is 4.79 Å². The van der Waals surface area contributed by atoms with E-state index < -0.39 is 12.1 Å². The summed E-state index contributed by atoms with van der Waals surface area (Å²) in [6.45, 7) is 1.79. The fourth-order valence-electron chi connectivity index (χ4n) is 0.765. The number of pyridine rings is 1. The van der Waals surface area contributed by atoms with Crippen LogP contribution in [0.1, 0.15) is 17.3 Å². The van der Waals surface area contributed by atoms with Gasteiger partial charge in [-0.3, -0.25) is 4.98 Å². The van der Waals surface area contributed by atoms with Crippen LogP contribution < -0.4 is 0 Å². The van der Waals surface area contributed by atoms with Crippen molar-refractivity contribution in [2.45, 2.75) is 6.92 Å². The fourth-order valence-corrected chi connectivity index (χ4v) is 0.765. The highest BCUT2D eigenvalue weighted by molar-refractivity contribution is 5.94. The van der Waals surface area contributed by atoms with E-state index in [1.165, 1.54) is 18.5 Å². The van der Waals surface area contributed by atoms with E-state index in [9.17, 15) is 9.59 Å². The third kappa shape index (κ3) is 2.85. The van der Waals surface area contributed by atoms with Gasteiger partial charge >= 0.3 is 12.1 Å². The molecule has 1 aromatic heterocycles. The Morgan fingerprint density at radius 2 is 2.29 bits per heavy atom. The molecule has 0 atom stereocenters. The van der Waals surface area contributed by atoms with Crippen LogP contribution in [0.5, 0.6) is 0 Å². The van der Waals surface area contributed by atoms with Crippen molar-refractivity contribution in [1.82, 2.24) is 4.98 Å². The van der Waals surface area contributed by atoms with Gasteiger partial charge in [-0.05, 0) is 19.1 Å². The van der Waals surface area contributed by atoms with E-state index in [0.717, 1.165) is 0 Å². The van der Waals surface area contributed by atoms with Crippen LogP contribution in [-0.2, 0) is 9.47 Å². The number of esters is 1. The van der Waals surface area contributed by atoms with E-state index in [1.807, 2.05) is 0 Å². The molecule has 0 aliphatic carbocycles. The monoisotopic (exact) mass is 195 g/mol. The minimum atomic E-state index is -0.999. The Morgan fingerprint density at radius 1 is 1.50 bits per heavy atom. The highest BCUT2D eigenvalue weighted by Gasteiger charge is 2.12. The van der Waals surface area contributed by atoms with Gasteiger partial charge in [0.25, 0.3) is 0 Å². The van der Waals surface area contributed by atoms with Crippen molar-refractivity contribution < 1.29 is 19.1 Å². The van der Waals surface area contributed by atoms with Gasteiger partial charge in [0.05, 0.1) is 12.2 Å². The first-order valence-corrected chi connectivity index (χ1v) is 4.03. The zero-order valence-electron chi connectivity index (χ0n) is 7.60. The average molecular weight is 195 g/mol. The van der Waals surface area contributed by atoms with E-state index >= 15 is 0 Å². The Balaban J connectivity index is 2.55. The minimum absolute atomic E-state index is 0.166. The molecule has 0 saturated carbocycles. The summed E-state index contributed by atoms with van der Waals surface area (Å²) >= 11 is 0. The Hall–Kier alpha value is -1.91. The second kappa shape index (κ2) is 4.96. The highest BCUT2D eigenvalue weighted by Crippen LogP contribution is 1.99. The lowest BCUT2D eigenvalue weighted by Gasteiger charge is -2.01. The Kier molecular flexibility index (Phi) is 3.60. The molecule has 1 heterocycles. The second-order valence-electron chi connectivity index (χ2n) is 2.31. The van der Waals surface area contributed by atoms with Crippen LogP contribution in [0.2, 0.25) is 0 Å². The van der Waals surface area contributed by atoms with Crippen LogP contribution in [-0.4, -0.2) is 23.7 Å². The smallest absolute Gasteiger partial charge is 0.434 e. The van der Waals surface area contributed by atoms with Crippen LogP contribution in [0.15, 0.2) is 24.5 Å². The maximum atomic E-state index is 11.2. The van der Waals surface area contributed by atoms with E-state index in [4.69, 9.17) is 0 Å². The number of carbonyl (C=O) groups excluding carboxylic acids is 2. The van der Waals surface area contributed by atoms with Gasteiger partial charge in [-0.1, -0.05) is 0 Å². The molecule has 0 aromatic carbocycles. The van der Waals surface area contributed by atoms with Crippen molar-refractivity contribution in [3.8, 4) is 0 Å². The normalized spacial score (nSPS) is 9.21. The third-order valence-corrected chi connectivity index (χ3v) is 1.34. The van der Waals surface area contributed by atoms with Gasteiger partial charge in [0.15, 0.2) is 0 Å². The van der Waals surface area contributed by atoms with Crippen molar-refractivity contribution in [2.75, 3.05) is 6.61 Å². The lowest BCUT2D eigenvalue weighted by atomic mass is 10.3. The number of carbonyl (C=O) groups is 2. The van der Waals surface area contributed by atoms with Crippen molar-refractivity contribution in [3.63, 3.8) is 0 Å². The van der Waals surface area contributed by atoms with Gasteiger partial charge in [0, 0.05) is 12.4 Å². The van der Waals surface area contributed by atoms with Gasteiger partial charge < -0.3 is 9.47 Å².